The molecule has 1 aromatic heterocycles. The van der Waals surface area contributed by atoms with Crippen LogP contribution in [-0.4, -0.2) is 27.2 Å². The molecule has 3 aromatic carbocycles. The molecular weight excluding hydrogens is 430 g/mol. The largest absolute Gasteiger partial charge is 0.496 e. The molecule has 1 heterocycles. The smallest absolute Gasteiger partial charge is 0.248 e. The SMILES string of the molecule is COc1ccc(-c2coc3c(C)c(OC)c(/C(C)=C/C(=O)Nc4ccccc4)cc23)cc1OC. The Bertz CT molecular complexity index is 1370. The van der Waals surface area contributed by atoms with Crippen LogP contribution in [0.5, 0.6) is 17.2 Å². The first-order valence-corrected chi connectivity index (χ1v) is 10.8. The van der Waals surface area contributed by atoms with Gasteiger partial charge in [0.25, 0.3) is 0 Å². The summed E-state index contributed by atoms with van der Waals surface area (Å²) >= 11 is 0. The molecule has 1 N–H and O–H groups in total. The van der Waals surface area contributed by atoms with E-state index in [0.717, 1.165) is 44.5 Å². The van der Waals surface area contributed by atoms with E-state index in [1.807, 2.05) is 68.4 Å². The number of furan rings is 1. The van der Waals surface area contributed by atoms with Crippen molar-refractivity contribution in [3.05, 3.63) is 78.1 Å². The highest BCUT2D eigenvalue weighted by molar-refractivity contribution is 6.06. The highest BCUT2D eigenvalue weighted by atomic mass is 16.5. The zero-order valence-corrected chi connectivity index (χ0v) is 19.9. The van der Waals surface area contributed by atoms with Crippen LogP contribution in [0.4, 0.5) is 5.69 Å². The van der Waals surface area contributed by atoms with Crippen LogP contribution in [0.15, 0.2) is 71.4 Å². The van der Waals surface area contributed by atoms with E-state index in [1.165, 1.54) is 0 Å². The molecule has 4 aromatic rings. The van der Waals surface area contributed by atoms with Gasteiger partial charge >= 0.3 is 0 Å². The zero-order valence-electron chi connectivity index (χ0n) is 19.9. The van der Waals surface area contributed by atoms with Gasteiger partial charge in [-0.05, 0) is 55.3 Å². The van der Waals surface area contributed by atoms with E-state index in [9.17, 15) is 4.79 Å². The van der Waals surface area contributed by atoms with Crippen LogP contribution in [-0.2, 0) is 4.79 Å². The maximum absolute atomic E-state index is 12.6. The third-order valence-electron chi connectivity index (χ3n) is 5.76. The summed E-state index contributed by atoms with van der Waals surface area (Å²) in [6.45, 7) is 3.84. The van der Waals surface area contributed by atoms with Crippen molar-refractivity contribution < 1.29 is 23.4 Å². The molecule has 6 heteroatoms. The normalized spacial score (nSPS) is 11.4. The number of benzene rings is 3. The quantitative estimate of drug-likeness (QED) is 0.322. The van der Waals surface area contributed by atoms with Gasteiger partial charge in [-0.1, -0.05) is 24.3 Å². The van der Waals surface area contributed by atoms with E-state index in [4.69, 9.17) is 18.6 Å². The maximum Gasteiger partial charge on any atom is 0.248 e. The average molecular weight is 458 g/mol. The number of ether oxygens (including phenoxy) is 3. The topological polar surface area (TPSA) is 69.9 Å². The van der Waals surface area contributed by atoms with Crippen molar-refractivity contribution in [2.75, 3.05) is 26.6 Å². The van der Waals surface area contributed by atoms with Crippen LogP contribution in [0.1, 0.15) is 18.1 Å². The highest BCUT2D eigenvalue weighted by Gasteiger charge is 2.19. The highest BCUT2D eigenvalue weighted by Crippen LogP contribution is 2.42. The van der Waals surface area contributed by atoms with Gasteiger partial charge in [-0.3, -0.25) is 4.79 Å². The molecule has 0 bridgehead atoms. The minimum atomic E-state index is -0.212. The Balaban J connectivity index is 1.79. The molecule has 0 aliphatic heterocycles. The first-order chi connectivity index (χ1) is 16.5. The zero-order chi connectivity index (χ0) is 24.2. The fourth-order valence-electron chi connectivity index (χ4n) is 4.07. The molecule has 6 nitrogen and oxygen atoms in total. The average Bonchev–Trinajstić information content (AvgIpc) is 3.28. The third-order valence-corrected chi connectivity index (χ3v) is 5.76. The van der Waals surface area contributed by atoms with Gasteiger partial charge in [-0.15, -0.1) is 0 Å². The van der Waals surface area contributed by atoms with Crippen molar-refractivity contribution in [2.24, 2.45) is 0 Å². The molecule has 1 amide bonds. The first kappa shape index (κ1) is 23.0. The molecule has 0 saturated heterocycles. The van der Waals surface area contributed by atoms with Gasteiger partial charge in [-0.2, -0.15) is 0 Å². The van der Waals surface area contributed by atoms with E-state index in [-0.39, 0.29) is 5.91 Å². The fourth-order valence-corrected chi connectivity index (χ4v) is 4.07. The fraction of sp³-hybridized carbons (Fsp3) is 0.179. The molecule has 0 spiro atoms. The third kappa shape index (κ3) is 4.35. The summed E-state index contributed by atoms with van der Waals surface area (Å²) in [5.41, 5.74) is 5.75. The van der Waals surface area contributed by atoms with Gasteiger partial charge in [0, 0.05) is 33.8 Å². The number of aryl methyl sites for hydroxylation is 1. The second kappa shape index (κ2) is 9.75. The van der Waals surface area contributed by atoms with Crippen LogP contribution >= 0.6 is 0 Å². The number of allylic oxidation sites excluding steroid dienone is 1. The predicted octanol–water partition coefficient (Wildman–Crippen LogP) is 6.48. The first-order valence-electron chi connectivity index (χ1n) is 10.8. The van der Waals surface area contributed by atoms with Gasteiger partial charge < -0.3 is 23.9 Å². The number of para-hydroxylation sites is 1. The number of rotatable bonds is 7. The predicted molar refractivity (Wildman–Crippen MR) is 135 cm³/mol. The summed E-state index contributed by atoms with van der Waals surface area (Å²) in [6, 6.07) is 17.1. The lowest BCUT2D eigenvalue weighted by Gasteiger charge is -2.14. The molecule has 0 unspecified atom stereocenters. The molecule has 0 aliphatic rings. The number of fused-ring (bicyclic) bond motifs is 1. The lowest BCUT2D eigenvalue weighted by molar-refractivity contribution is -0.111. The van der Waals surface area contributed by atoms with Crippen LogP contribution in [0.2, 0.25) is 0 Å². The van der Waals surface area contributed by atoms with E-state index in [1.54, 1.807) is 33.7 Å². The monoisotopic (exact) mass is 457 g/mol. The van der Waals surface area contributed by atoms with Gasteiger partial charge in [0.15, 0.2) is 11.5 Å². The van der Waals surface area contributed by atoms with Crippen LogP contribution in [0.25, 0.3) is 27.7 Å². The molecule has 174 valence electrons. The molecule has 0 saturated carbocycles. The van der Waals surface area contributed by atoms with Gasteiger partial charge in [0.2, 0.25) is 5.91 Å². The van der Waals surface area contributed by atoms with Gasteiger partial charge in [0.05, 0.1) is 27.6 Å². The molecule has 34 heavy (non-hydrogen) atoms. The lowest BCUT2D eigenvalue weighted by atomic mass is 9.96. The Hall–Kier alpha value is -4.19. The Kier molecular flexibility index (Phi) is 6.59. The maximum atomic E-state index is 12.6. The second-order valence-electron chi connectivity index (χ2n) is 7.86. The summed E-state index contributed by atoms with van der Waals surface area (Å²) in [4.78, 5) is 12.6. The van der Waals surface area contributed by atoms with Crippen molar-refractivity contribution in [2.45, 2.75) is 13.8 Å². The number of hydrogen-bond acceptors (Lipinski definition) is 5. The Labute approximate surface area is 198 Å². The number of hydrogen-bond donors (Lipinski definition) is 1. The summed E-state index contributed by atoms with van der Waals surface area (Å²) < 4.78 is 22.5. The summed E-state index contributed by atoms with van der Waals surface area (Å²) in [5.74, 6) is 1.74. The van der Waals surface area contributed by atoms with Crippen molar-refractivity contribution in [3.63, 3.8) is 0 Å². The standard InChI is InChI=1S/C28H27NO5/c1-17(13-26(30)29-20-9-7-6-8-10-20)21-15-22-23(16-34-28(22)18(2)27(21)33-5)19-11-12-24(31-3)25(14-19)32-4/h6-16H,1-5H3,(H,29,30)/b17-13+. The minimum absolute atomic E-state index is 0.212. The summed E-state index contributed by atoms with van der Waals surface area (Å²) in [5, 5.41) is 3.80. The van der Waals surface area contributed by atoms with E-state index < -0.39 is 0 Å². The molecule has 0 aliphatic carbocycles. The van der Waals surface area contributed by atoms with Crippen molar-refractivity contribution in [1.29, 1.82) is 0 Å². The molecule has 4 rings (SSSR count). The lowest BCUT2D eigenvalue weighted by Crippen LogP contribution is -2.08. The Morgan fingerprint density at radius 1 is 0.941 bits per heavy atom. The molecule has 0 radical (unpaired) electrons. The Morgan fingerprint density at radius 2 is 1.68 bits per heavy atom. The van der Waals surface area contributed by atoms with Crippen molar-refractivity contribution in [3.8, 4) is 28.4 Å². The number of methoxy groups -OCH3 is 3. The molecule has 0 atom stereocenters. The van der Waals surface area contributed by atoms with E-state index >= 15 is 0 Å². The van der Waals surface area contributed by atoms with Crippen LogP contribution in [0.3, 0.4) is 0 Å². The second-order valence-corrected chi connectivity index (χ2v) is 7.86. The minimum Gasteiger partial charge on any atom is -0.496 e. The van der Waals surface area contributed by atoms with Crippen molar-refractivity contribution >= 4 is 28.1 Å². The Morgan fingerprint density at radius 3 is 2.35 bits per heavy atom. The number of anilines is 1. The number of carbonyl (C=O) groups is 1. The number of nitrogens with one attached hydrogen (secondary N) is 1. The van der Waals surface area contributed by atoms with Crippen LogP contribution in [0, 0.1) is 6.92 Å². The molecular formula is C28H27NO5. The van der Waals surface area contributed by atoms with E-state index in [0.29, 0.717) is 17.2 Å². The van der Waals surface area contributed by atoms with Gasteiger partial charge in [-0.25, -0.2) is 0 Å². The van der Waals surface area contributed by atoms with Gasteiger partial charge in [0.1, 0.15) is 11.3 Å². The summed E-state index contributed by atoms with van der Waals surface area (Å²) in [6.07, 6.45) is 3.30. The van der Waals surface area contributed by atoms with Crippen molar-refractivity contribution in [1.82, 2.24) is 0 Å². The van der Waals surface area contributed by atoms with E-state index in [2.05, 4.69) is 5.32 Å². The van der Waals surface area contributed by atoms with Crippen LogP contribution < -0.4 is 19.5 Å². The number of amides is 1. The number of carbonyl (C=O) groups excluding carboxylic acids is 1. The molecule has 0 fully saturated rings. The summed E-state index contributed by atoms with van der Waals surface area (Å²) in [7, 11) is 4.83.